The molecule has 0 bridgehead atoms. The van der Waals surface area contributed by atoms with Crippen molar-refractivity contribution < 1.29 is 19.4 Å². The number of carbonyl (C=O) groups excluding carboxylic acids is 1. The van der Waals surface area contributed by atoms with Gasteiger partial charge in [-0.1, -0.05) is 11.6 Å². The predicted molar refractivity (Wildman–Crippen MR) is 102 cm³/mol. The average molecular weight is 388 g/mol. The summed E-state index contributed by atoms with van der Waals surface area (Å²) in [5.41, 5.74) is 1.54. The molecule has 0 saturated carbocycles. The molecule has 0 radical (unpaired) electrons. The zero-order chi connectivity index (χ0) is 19.0. The number of hydrogen-bond donors (Lipinski definition) is 2. The summed E-state index contributed by atoms with van der Waals surface area (Å²) in [7, 11) is 0. The lowest BCUT2D eigenvalue weighted by Crippen LogP contribution is -2.35. The van der Waals surface area contributed by atoms with Crippen LogP contribution in [-0.2, 0) is 0 Å². The molecule has 0 spiro atoms. The molecule has 7 nitrogen and oxygen atoms in total. The second-order valence-electron chi connectivity index (χ2n) is 6.44. The SMILES string of the molecule is O=C(c1ccc(O)cc1O)N1CCCN(c2nc3cc(Cl)ccc3o2)CC1. The number of amides is 1. The van der Waals surface area contributed by atoms with E-state index in [1.54, 1.807) is 23.1 Å². The summed E-state index contributed by atoms with van der Waals surface area (Å²) in [6.45, 7) is 2.29. The number of halogens is 1. The molecule has 0 atom stereocenters. The van der Waals surface area contributed by atoms with E-state index in [-0.39, 0.29) is 23.0 Å². The normalized spacial score (nSPS) is 15.1. The van der Waals surface area contributed by atoms with E-state index in [1.165, 1.54) is 18.2 Å². The number of benzene rings is 2. The second kappa shape index (κ2) is 7.00. The van der Waals surface area contributed by atoms with E-state index < -0.39 is 0 Å². The first kappa shape index (κ1) is 17.5. The number of aromatic nitrogens is 1. The molecule has 3 aromatic rings. The van der Waals surface area contributed by atoms with Gasteiger partial charge in [0.1, 0.15) is 17.0 Å². The maximum atomic E-state index is 12.7. The van der Waals surface area contributed by atoms with E-state index >= 15 is 0 Å². The Labute approximate surface area is 160 Å². The second-order valence-corrected chi connectivity index (χ2v) is 6.88. The van der Waals surface area contributed by atoms with Gasteiger partial charge in [0, 0.05) is 37.3 Å². The lowest BCUT2D eigenvalue weighted by Gasteiger charge is -2.21. The van der Waals surface area contributed by atoms with Gasteiger partial charge in [-0.3, -0.25) is 4.79 Å². The van der Waals surface area contributed by atoms with Crippen LogP contribution in [0.1, 0.15) is 16.8 Å². The maximum Gasteiger partial charge on any atom is 0.298 e. The fourth-order valence-electron chi connectivity index (χ4n) is 3.21. The smallest absolute Gasteiger partial charge is 0.298 e. The number of rotatable bonds is 2. The predicted octanol–water partition coefficient (Wildman–Crippen LogP) is 3.24. The van der Waals surface area contributed by atoms with Crippen molar-refractivity contribution in [3.05, 3.63) is 47.0 Å². The van der Waals surface area contributed by atoms with Crippen molar-refractivity contribution in [2.75, 3.05) is 31.1 Å². The van der Waals surface area contributed by atoms with Gasteiger partial charge in [-0.2, -0.15) is 4.98 Å². The number of hydrogen-bond acceptors (Lipinski definition) is 6. The van der Waals surface area contributed by atoms with Gasteiger partial charge in [-0.25, -0.2) is 0 Å². The van der Waals surface area contributed by atoms with E-state index in [9.17, 15) is 15.0 Å². The average Bonchev–Trinajstić information content (AvgIpc) is 2.89. The van der Waals surface area contributed by atoms with Gasteiger partial charge in [0.2, 0.25) is 0 Å². The van der Waals surface area contributed by atoms with Crippen LogP contribution in [0, 0.1) is 0 Å². The zero-order valence-corrected chi connectivity index (χ0v) is 15.2. The molecule has 1 amide bonds. The van der Waals surface area contributed by atoms with Crippen LogP contribution in [0.3, 0.4) is 0 Å². The first-order valence-electron chi connectivity index (χ1n) is 8.63. The largest absolute Gasteiger partial charge is 0.508 e. The van der Waals surface area contributed by atoms with Gasteiger partial charge in [-0.05, 0) is 36.8 Å². The van der Waals surface area contributed by atoms with Gasteiger partial charge in [0.05, 0.1) is 5.56 Å². The molecular formula is C19H18ClN3O4. The fraction of sp³-hybridized carbons (Fsp3) is 0.263. The van der Waals surface area contributed by atoms with E-state index in [4.69, 9.17) is 16.0 Å². The van der Waals surface area contributed by atoms with E-state index in [0.29, 0.717) is 48.3 Å². The minimum atomic E-state index is -0.265. The number of phenolic OH excluding ortho intramolecular Hbond substituents is 2. The highest BCUT2D eigenvalue weighted by molar-refractivity contribution is 6.31. The third-order valence-corrected chi connectivity index (χ3v) is 4.84. The first-order chi connectivity index (χ1) is 13.0. The lowest BCUT2D eigenvalue weighted by molar-refractivity contribution is 0.0764. The number of nitrogens with zero attached hydrogens (tertiary/aromatic N) is 3. The monoisotopic (exact) mass is 387 g/mol. The van der Waals surface area contributed by atoms with Crippen LogP contribution in [0.4, 0.5) is 6.01 Å². The standard InChI is InChI=1S/C19H18ClN3O4/c20-12-2-5-17-15(10-12)21-19(27-17)23-7-1-6-22(8-9-23)18(26)14-4-3-13(24)11-16(14)25/h2-5,10-11,24-25H,1,6-9H2. The van der Waals surface area contributed by atoms with Crippen molar-refractivity contribution in [2.24, 2.45) is 0 Å². The Balaban J connectivity index is 1.50. The quantitative estimate of drug-likeness (QED) is 0.701. The molecule has 4 rings (SSSR count). The molecule has 0 unspecified atom stereocenters. The molecular weight excluding hydrogens is 370 g/mol. The number of oxazole rings is 1. The number of anilines is 1. The van der Waals surface area contributed by atoms with Gasteiger partial charge in [0.15, 0.2) is 5.58 Å². The summed E-state index contributed by atoms with van der Waals surface area (Å²) in [6, 6.07) is 9.79. The third kappa shape index (κ3) is 3.50. The summed E-state index contributed by atoms with van der Waals surface area (Å²) < 4.78 is 5.82. The molecule has 27 heavy (non-hydrogen) atoms. The van der Waals surface area contributed by atoms with Crippen molar-refractivity contribution in [2.45, 2.75) is 6.42 Å². The first-order valence-corrected chi connectivity index (χ1v) is 9.01. The van der Waals surface area contributed by atoms with Crippen LogP contribution in [0.15, 0.2) is 40.8 Å². The Morgan fingerprint density at radius 1 is 1.07 bits per heavy atom. The van der Waals surface area contributed by atoms with Gasteiger partial charge < -0.3 is 24.4 Å². The molecule has 1 aromatic heterocycles. The molecule has 0 aliphatic carbocycles. The summed E-state index contributed by atoms with van der Waals surface area (Å²) in [6.07, 6.45) is 0.740. The van der Waals surface area contributed by atoms with E-state index in [1.807, 2.05) is 4.90 Å². The zero-order valence-electron chi connectivity index (χ0n) is 14.4. The highest BCUT2D eigenvalue weighted by Crippen LogP contribution is 2.27. The van der Waals surface area contributed by atoms with Crippen LogP contribution in [-0.4, -0.2) is 52.2 Å². The Morgan fingerprint density at radius 3 is 2.74 bits per heavy atom. The number of aromatic hydroxyl groups is 2. The molecule has 1 fully saturated rings. The summed E-state index contributed by atoms with van der Waals surface area (Å²) in [5, 5.41) is 19.9. The van der Waals surface area contributed by atoms with E-state index in [0.717, 1.165) is 6.42 Å². The third-order valence-electron chi connectivity index (χ3n) is 4.60. The van der Waals surface area contributed by atoms with Crippen LogP contribution in [0.25, 0.3) is 11.1 Å². The van der Waals surface area contributed by atoms with Gasteiger partial charge in [0.25, 0.3) is 11.9 Å². The summed E-state index contributed by atoms with van der Waals surface area (Å²) in [4.78, 5) is 20.9. The molecule has 1 aliphatic rings. The highest BCUT2D eigenvalue weighted by atomic mass is 35.5. The fourth-order valence-corrected chi connectivity index (χ4v) is 3.37. The molecule has 1 saturated heterocycles. The lowest BCUT2D eigenvalue weighted by atomic mass is 10.1. The Bertz CT molecular complexity index is 1000. The Hall–Kier alpha value is -2.93. The van der Waals surface area contributed by atoms with Crippen molar-refractivity contribution in [3.63, 3.8) is 0 Å². The minimum Gasteiger partial charge on any atom is -0.508 e. The molecule has 2 heterocycles. The van der Waals surface area contributed by atoms with Crippen LogP contribution >= 0.6 is 11.6 Å². The topological polar surface area (TPSA) is 90.0 Å². The summed E-state index contributed by atoms with van der Waals surface area (Å²) >= 11 is 6.00. The van der Waals surface area contributed by atoms with Crippen molar-refractivity contribution in [1.29, 1.82) is 0 Å². The van der Waals surface area contributed by atoms with Crippen LogP contribution in [0.5, 0.6) is 11.5 Å². The van der Waals surface area contributed by atoms with Crippen molar-refractivity contribution >= 4 is 34.6 Å². The maximum absolute atomic E-state index is 12.7. The van der Waals surface area contributed by atoms with Crippen LogP contribution < -0.4 is 4.90 Å². The minimum absolute atomic E-state index is 0.0813. The Kier molecular flexibility index (Phi) is 4.53. The number of carbonyl (C=O) groups is 1. The highest BCUT2D eigenvalue weighted by Gasteiger charge is 2.24. The molecule has 2 aromatic carbocycles. The van der Waals surface area contributed by atoms with Crippen molar-refractivity contribution in [3.8, 4) is 11.5 Å². The molecule has 8 heteroatoms. The number of phenols is 2. The van der Waals surface area contributed by atoms with Crippen LogP contribution in [0.2, 0.25) is 5.02 Å². The van der Waals surface area contributed by atoms with Gasteiger partial charge in [-0.15, -0.1) is 0 Å². The molecule has 140 valence electrons. The Morgan fingerprint density at radius 2 is 1.93 bits per heavy atom. The van der Waals surface area contributed by atoms with E-state index in [2.05, 4.69) is 4.98 Å². The summed E-state index contributed by atoms with van der Waals surface area (Å²) in [5.74, 6) is -0.571. The molecule has 2 N–H and O–H groups in total. The number of fused-ring (bicyclic) bond motifs is 1. The van der Waals surface area contributed by atoms with Crippen molar-refractivity contribution in [1.82, 2.24) is 9.88 Å². The van der Waals surface area contributed by atoms with Gasteiger partial charge >= 0.3 is 0 Å². The molecule has 1 aliphatic heterocycles.